The molecule has 16 nitrogen and oxygen atoms in total. The number of thiophene rings is 1. The summed E-state index contributed by atoms with van der Waals surface area (Å²) in [5, 5.41) is 16.2. The number of likely N-dealkylation sites (tertiary alicyclic amines) is 2. The molecule has 2 aliphatic heterocycles. The molecule has 1 spiro atoms. The summed E-state index contributed by atoms with van der Waals surface area (Å²) in [6.07, 6.45) is 5.18. The Kier molecular flexibility index (Phi) is 20.2. The number of hydrogen-bond donors (Lipinski definition) is 5. The molecule has 17 heteroatoms. The zero-order chi connectivity index (χ0) is 51.8. The highest BCUT2D eigenvalue weighted by atomic mass is 32.1. The van der Waals surface area contributed by atoms with Crippen LogP contribution < -0.4 is 26.6 Å². The summed E-state index contributed by atoms with van der Waals surface area (Å²) >= 11 is 1.57. The Balaban J connectivity index is 1.30. The molecule has 2 saturated heterocycles. The van der Waals surface area contributed by atoms with Crippen molar-refractivity contribution in [1.29, 1.82) is 0 Å². The van der Waals surface area contributed by atoms with E-state index in [9.17, 15) is 33.6 Å². The van der Waals surface area contributed by atoms with Gasteiger partial charge in [-0.25, -0.2) is 9.59 Å². The highest BCUT2D eigenvalue weighted by molar-refractivity contribution is 7.10. The van der Waals surface area contributed by atoms with Crippen molar-refractivity contribution in [3.63, 3.8) is 0 Å². The van der Waals surface area contributed by atoms with E-state index in [0.29, 0.717) is 58.4 Å². The number of benzene rings is 2. The Bertz CT molecular complexity index is 2260. The van der Waals surface area contributed by atoms with E-state index in [1.807, 2.05) is 103 Å². The topological polar surface area (TPSA) is 205 Å². The first-order chi connectivity index (χ1) is 33.6. The standard InChI is InChI=1S/C54H75N7O9S/c1-37(2)32-42(57-47(64)43(33-38-18-11-9-12-19-38)58-48(65)44(34-39-20-13-10-14-21-39)59-51(68)70-53(6,7)8)46(63)56-41(23-15-16-28-55-50(67)69-52(3,4)5)49(66)60-29-26-54(27-30-60)35-61(36-54)45(62)25-24-40-22-17-31-71-40/h9-14,17-22,24-25,31,37,41-44H,15-16,23,26-30,32-36H2,1-8H3,(H,55,67)(H,56,63)(H,57,64)(H,58,65)(H,59,68)/b25-24+/t41-,42-,43-,44-/m1/s1. The smallest absolute Gasteiger partial charge is 0.408 e. The lowest BCUT2D eigenvalue weighted by atomic mass is 9.72. The fraction of sp³-hybridized carbons (Fsp3) is 0.537. The Hall–Kier alpha value is -6.23. The second-order valence-corrected chi connectivity index (χ2v) is 22.2. The van der Waals surface area contributed by atoms with Gasteiger partial charge in [0, 0.05) is 61.9 Å². The zero-order valence-corrected chi connectivity index (χ0v) is 43.5. The molecule has 2 fully saturated rings. The van der Waals surface area contributed by atoms with Crippen LogP contribution in [0.5, 0.6) is 0 Å². The van der Waals surface area contributed by atoms with Crippen molar-refractivity contribution in [2.45, 2.75) is 142 Å². The maximum atomic E-state index is 14.5. The first-order valence-corrected chi connectivity index (χ1v) is 25.7. The molecule has 5 rings (SSSR count). The third-order valence-corrected chi connectivity index (χ3v) is 13.0. The number of carbonyl (C=O) groups excluding carboxylic acids is 7. The molecule has 3 heterocycles. The van der Waals surface area contributed by atoms with E-state index in [1.165, 1.54) is 0 Å². The van der Waals surface area contributed by atoms with Gasteiger partial charge in [0.05, 0.1) is 0 Å². The van der Waals surface area contributed by atoms with E-state index >= 15 is 0 Å². The summed E-state index contributed by atoms with van der Waals surface area (Å²) in [4.78, 5) is 101. The van der Waals surface area contributed by atoms with Crippen LogP contribution in [0.2, 0.25) is 0 Å². The minimum absolute atomic E-state index is 0.0364. The minimum atomic E-state index is -1.17. The van der Waals surface area contributed by atoms with Gasteiger partial charge in [-0.05, 0) is 115 Å². The third kappa shape index (κ3) is 18.8. The van der Waals surface area contributed by atoms with Crippen molar-refractivity contribution < 1.29 is 43.0 Å². The average molecular weight is 998 g/mol. The monoisotopic (exact) mass is 998 g/mol. The van der Waals surface area contributed by atoms with Gasteiger partial charge in [-0.1, -0.05) is 80.6 Å². The number of ether oxygens (including phenoxy) is 2. The molecule has 71 heavy (non-hydrogen) atoms. The molecule has 0 aliphatic carbocycles. The Morgan fingerprint density at radius 3 is 1.70 bits per heavy atom. The molecular formula is C54H75N7O9S. The van der Waals surface area contributed by atoms with Crippen LogP contribution >= 0.6 is 11.3 Å². The van der Waals surface area contributed by atoms with Gasteiger partial charge in [-0.2, -0.15) is 0 Å². The molecule has 1 aromatic heterocycles. The van der Waals surface area contributed by atoms with E-state index in [0.717, 1.165) is 16.0 Å². The first kappa shape index (κ1) is 55.7. The summed E-state index contributed by atoms with van der Waals surface area (Å²) in [5.41, 5.74) is -0.0519. The van der Waals surface area contributed by atoms with Crippen LogP contribution in [0.1, 0.15) is 110 Å². The Labute approximate surface area is 423 Å². The maximum Gasteiger partial charge on any atom is 0.408 e. The van der Waals surface area contributed by atoms with Gasteiger partial charge in [0.2, 0.25) is 29.5 Å². The molecule has 0 radical (unpaired) electrons. The predicted octanol–water partition coefficient (Wildman–Crippen LogP) is 6.79. The van der Waals surface area contributed by atoms with Crippen LogP contribution in [0.3, 0.4) is 0 Å². The van der Waals surface area contributed by atoms with Gasteiger partial charge in [-0.3, -0.25) is 24.0 Å². The Morgan fingerprint density at radius 2 is 1.17 bits per heavy atom. The van der Waals surface area contributed by atoms with Gasteiger partial charge >= 0.3 is 12.2 Å². The molecule has 386 valence electrons. The van der Waals surface area contributed by atoms with Crippen molar-refractivity contribution in [1.82, 2.24) is 36.4 Å². The molecule has 2 aromatic carbocycles. The second-order valence-electron chi connectivity index (χ2n) is 21.2. The van der Waals surface area contributed by atoms with E-state index < -0.39 is 65.3 Å². The minimum Gasteiger partial charge on any atom is -0.444 e. The zero-order valence-electron chi connectivity index (χ0n) is 42.7. The quantitative estimate of drug-likeness (QED) is 0.0563. The van der Waals surface area contributed by atoms with Crippen molar-refractivity contribution >= 4 is 59.1 Å². The average Bonchev–Trinajstić information content (AvgIpc) is 3.82. The van der Waals surface area contributed by atoms with Crippen LogP contribution in [0.4, 0.5) is 9.59 Å². The number of piperidine rings is 1. The Morgan fingerprint density at radius 1 is 0.648 bits per heavy atom. The van der Waals surface area contributed by atoms with E-state index in [1.54, 1.807) is 63.9 Å². The normalized spacial score (nSPS) is 16.2. The lowest BCUT2D eigenvalue weighted by Crippen LogP contribution is -2.63. The predicted molar refractivity (Wildman–Crippen MR) is 275 cm³/mol. The van der Waals surface area contributed by atoms with Crippen molar-refractivity contribution in [2.75, 3.05) is 32.7 Å². The molecular weight excluding hydrogens is 923 g/mol. The van der Waals surface area contributed by atoms with E-state index in [2.05, 4.69) is 26.6 Å². The van der Waals surface area contributed by atoms with E-state index in [4.69, 9.17) is 9.47 Å². The maximum absolute atomic E-state index is 14.5. The van der Waals surface area contributed by atoms with Crippen molar-refractivity contribution in [3.05, 3.63) is 100 Å². The molecule has 5 N–H and O–H groups in total. The van der Waals surface area contributed by atoms with Crippen molar-refractivity contribution in [3.8, 4) is 0 Å². The van der Waals surface area contributed by atoms with Gasteiger partial charge < -0.3 is 45.9 Å². The van der Waals surface area contributed by atoms with Gasteiger partial charge in [-0.15, -0.1) is 11.3 Å². The summed E-state index contributed by atoms with van der Waals surface area (Å²) in [6.45, 7) is 16.8. The molecule has 3 aromatic rings. The van der Waals surface area contributed by atoms with Gasteiger partial charge in [0.15, 0.2) is 0 Å². The summed E-state index contributed by atoms with van der Waals surface area (Å²) in [6, 6.07) is 17.9. The summed E-state index contributed by atoms with van der Waals surface area (Å²) in [7, 11) is 0. The largest absolute Gasteiger partial charge is 0.444 e. The van der Waals surface area contributed by atoms with Crippen LogP contribution in [-0.2, 0) is 46.3 Å². The second kappa shape index (κ2) is 25.8. The lowest BCUT2D eigenvalue weighted by molar-refractivity contribution is -0.147. The number of unbranched alkanes of at least 4 members (excludes halogenated alkanes) is 1. The number of alkyl carbamates (subject to hydrolysis) is 2. The number of rotatable bonds is 21. The number of carbonyl (C=O) groups is 7. The van der Waals surface area contributed by atoms with Crippen LogP contribution in [0.25, 0.3) is 6.08 Å². The van der Waals surface area contributed by atoms with Crippen molar-refractivity contribution in [2.24, 2.45) is 11.3 Å². The van der Waals surface area contributed by atoms with Crippen LogP contribution in [-0.4, -0.2) is 120 Å². The molecule has 4 atom stereocenters. The molecule has 2 aliphatic rings. The summed E-state index contributed by atoms with van der Waals surface area (Å²) < 4.78 is 10.9. The fourth-order valence-electron chi connectivity index (χ4n) is 8.63. The molecule has 0 bridgehead atoms. The highest BCUT2D eigenvalue weighted by Gasteiger charge is 2.47. The molecule has 7 amide bonds. The van der Waals surface area contributed by atoms with Crippen LogP contribution in [0.15, 0.2) is 84.3 Å². The number of hydrogen-bond acceptors (Lipinski definition) is 10. The van der Waals surface area contributed by atoms with Crippen LogP contribution in [0, 0.1) is 11.3 Å². The van der Waals surface area contributed by atoms with E-state index in [-0.39, 0.29) is 48.8 Å². The number of nitrogens with one attached hydrogen (secondary N) is 5. The first-order valence-electron chi connectivity index (χ1n) is 24.8. The SMILES string of the molecule is CC(C)C[C@@H](NC(=O)[C@@H](Cc1ccccc1)NC(=O)[C@@H](Cc1ccccc1)NC(=O)OC(C)(C)C)C(=O)N[C@H](CCCCNC(=O)OC(C)(C)C)C(=O)N1CCC2(CC1)CN(C(=O)/C=C/c1cccs1)C2. The number of nitrogens with zero attached hydrogens (tertiary/aromatic N) is 2. The molecule has 0 saturated carbocycles. The molecule has 0 unspecified atom stereocenters. The summed E-state index contributed by atoms with van der Waals surface area (Å²) in [5.74, 6) is -2.13. The lowest BCUT2D eigenvalue weighted by Gasteiger charge is -2.54. The van der Waals surface area contributed by atoms with Gasteiger partial charge in [0.1, 0.15) is 35.4 Å². The number of amides is 7. The fourth-order valence-corrected chi connectivity index (χ4v) is 9.24. The van der Waals surface area contributed by atoms with Gasteiger partial charge in [0.25, 0.3) is 0 Å². The highest BCUT2D eigenvalue weighted by Crippen LogP contribution is 2.41. The third-order valence-electron chi connectivity index (χ3n) is 12.2.